The largest absolute Gasteiger partial charge is 0.468 e. The lowest BCUT2D eigenvalue weighted by Gasteiger charge is -2.27. The fourth-order valence-corrected chi connectivity index (χ4v) is 5.62. The van der Waals surface area contributed by atoms with E-state index in [9.17, 15) is 14.4 Å². The lowest BCUT2D eigenvalue weighted by Crippen LogP contribution is -2.39. The highest BCUT2D eigenvalue weighted by Crippen LogP contribution is 2.35. The number of fused-ring (bicyclic) bond motifs is 1. The highest BCUT2D eigenvalue weighted by molar-refractivity contribution is 6.08. The summed E-state index contributed by atoms with van der Waals surface area (Å²) >= 11 is 0. The van der Waals surface area contributed by atoms with Crippen molar-refractivity contribution in [3.05, 3.63) is 83.2 Å². The number of hydrazone groups is 1. The first-order valence-corrected chi connectivity index (χ1v) is 14.5. The number of imidazole rings is 1. The van der Waals surface area contributed by atoms with Crippen LogP contribution in [0.25, 0.3) is 27.8 Å². The van der Waals surface area contributed by atoms with Crippen LogP contribution in [0.15, 0.2) is 65.8 Å². The van der Waals surface area contributed by atoms with Crippen molar-refractivity contribution < 1.29 is 23.9 Å². The van der Waals surface area contributed by atoms with Crippen LogP contribution in [0.5, 0.6) is 0 Å². The molecule has 0 spiro atoms. The molecule has 1 atom stereocenters. The van der Waals surface area contributed by atoms with Crippen molar-refractivity contribution in [3.63, 3.8) is 0 Å². The van der Waals surface area contributed by atoms with Gasteiger partial charge in [-0.15, -0.1) is 0 Å². The highest BCUT2D eigenvalue weighted by Gasteiger charge is 2.30. The monoisotopic (exact) mass is 580 g/mol. The Morgan fingerprint density at radius 2 is 1.72 bits per heavy atom. The summed E-state index contributed by atoms with van der Waals surface area (Å²) in [6, 6.07) is 19.5. The van der Waals surface area contributed by atoms with Gasteiger partial charge in [-0.3, -0.25) is 14.2 Å². The fourth-order valence-electron chi connectivity index (χ4n) is 5.62. The molecule has 0 saturated heterocycles. The zero-order chi connectivity index (χ0) is 30.7. The lowest BCUT2D eigenvalue weighted by atomic mass is 9.92. The number of para-hydroxylation sites is 1. The van der Waals surface area contributed by atoms with Gasteiger partial charge in [0.25, 0.3) is 0 Å². The van der Waals surface area contributed by atoms with E-state index in [0.717, 1.165) is 69.8 Å². The van der Waals surface area contributed by atoms with Crippen LogP contribution in [0, 0.1) is 12.8 Å². The van der Waals surface area contributed by atoms with Crippen molar-refractivity contribution in [3.8, 4) is 16.8 Å². The number of benzene rings is 3. The van der Waals surface area contributed by atoms with Crippen LogP contribution in [-0.4, -0.2) is 58.9 Å². The molecule has 0 bridgehead atoms. The van der Waals surface area contributed by atoms with Crippen LogP contribution in [0.1, 0.15) is 60.4 Å². The van der Waals surface area contributed by atoms with E-state index in [1.54, 1.807) is 6.07 Å². The molecule has 3 aromatic carbocycles. The van der Waals surface area contributed by atoms with Gasteiger partial charge in [0, 0.05) is 29.9 Å². The highest BCUT2D eigenvalue weighted by atomic mass is 16.5. The van der Waals surface area contributed by atoms with Crippen molar-refractivity contribution in [1.29, 1.82) is 0 Å². The number of aryl methyl sites for hydroxylation is 2. The average Bonchev–Trinajstić information content (AvgIpc) is 3.39. The molecule has 0 fully saturated rings. The summed E-state index contributed by atoms with van der Waals surface area (Å²) in [5.74, 6) is -0.375. The summed E-state index contributed by atoms with van der Waals surface area (Å²) < 4.78 is 12.1. The van der Waals surface area contributed by atoms with Crippen molar-refractivity contribution in [1.82, 2.24) is 14.6 Å². The molecule has 1 amide bonds. The summed E-state index contributed by atoms with van der Waals surface area (Å²) in [5, 5.41) is 5.83. The van der Waals surface area contributed by atoms with Crippen LogP contribution in [-0.2, 0) is 25.5 Å². The van der Waals surface area contributed by atoms with Crippen molar-refractivity contribution in [2.75, 3.05) is 20.8 Å². The Labute approximate surface area is 251 Å². The average molecular weight is 581 g/mol. The summed E-state index contributed by atoms with van der Waals surface area (Å²) in [4.78, 5) is 42.5. The second kappa shape index (κ2) is 12.6. The van der Waals surface area contributed by atoms with Gasteiger partial charge in [-0.1, -0.05) is 56.7 Å². The van der Waals surface area contributed by atoms with E-state index >= 15 is 0 Å². The topological polar surface area (TPSA) is 103 Å². The third-order valence-electron chi connectivity index (χ3n) is 7.81. The van der Waals surface area contributed by atoms with E-state index in [-0.39, 0.29) is 24.8 Å². The number of hydrogen-bond acceptors (Lipinski definition) is 7. The second-order valence-electron chi connectivity index (χ2n) is 10.8. The van der Waals surface area contributed by atoms with E-state index in [1.807, 2.05) is 62.4 Å². The first kappa shape index (κ1) is 29.7. The van der Waals surface area contributed by atoms with E-state index < -0.39 is 11.9 Å². The molecule has 4 aromatic rings. The Kier molecular flexibility index (Phi) is 8.71. The third kappa shape index (κ3) is 5.80. The van der Waals surface area contributed by atoms with E-state index in [1.165, 1.54) is 19.2 Å². The minimum Gasteiger partial charge on any atom is -0.468 e. The normalized spacial score (nSPS) is 15.0. The number of hydrogen-bond donors (Lipinski definition) is 0. The molecule has 0 aliphatic carbocycles. The summed E-state index contributed by atoms with van der Waals surface area (Å²) in [6.07, 6.45) is 2.98. The van der Waals surface area contributed by atoms with Gasteiger partial charge in [0.15, 0.2) is 0 Å². The zero-order valence-electron chi connectivity index (χ0n) is 25.2. The van der Waals surface area contributed by atoms with Gasteiger partial charge < -0.3 is 9.47 Å². The standard InChI is InChI=1S/C34H36N4O5/c1-6-7-16-29-35-33-21(2)17-23(32-22(3)18-30(39)37(36-32)20-31(40)42-4)19-28(33)38(29)27-15-11-10-13-25(27)24-12-8-9-14-26(24)34(41)43-5/h8-15,17,19,22H,6-7,16,18,20H2,1-5H3. The van der Waals surface area contributed by atoms with Crippen molar-refractivity contribution in [2.45, 2.75) is 46.5 Å². The molecule has 2 heterocycles. The number of esters is 2. The number of ether oxygens (including phenoxy) is 2. The maximum atomic E-state index is 12.7. The van der Waals surface area contributed by atoms with Gasteiger partial charge in [-0.2, -0.15) is 5.10 Å². The van der Waals surface area contributed by atoms with Crippen LogP contribution in [0.3, 0.4) is 0 Å². The molecule has 222 valence electrons. The molecule has 0 saturated carbocycles. The van der Waals surface area contributed by atoms with Crippen LogP contribution < -0.4 is 0 Å². The van der Waals surface area contributed by atoms with Gasteiger partial charge in [0.05, 0.1) is 42.2 Å². The van der Waals surface area contributed by atoms with Crippen molar-refractivity contribution >= 4 is 34.6 Å². The van der Waals surface area contributed by atoms with Gasteiger partial charge >= 0.3 is 11.9 Å². The van der Waals surface area contributed by atoms with Crippen molar-refractivity contribution in [2.24, 2.45) is 11.0 Å². The molecule has 9 heteroatoms. The number of carbonyl (C=O) groups excluding carboxylic acids is 3. The Bertz CT molecular complexity index is 1740. The number of unbranched alkanes of at least 4 members (excludes halogenated alkanes) is 1. The molecule has 1 aliphatic heterocycles. The molecule has 1 unspecified atom stereocenters. The Balaban J connectivity index is 1.74. The Hall–Kier alpha value is -4.79. The maximum absolute atomic E-state index is 12.7. The number of amides is 1. The molecular weight excluding hydrogens is 544 g/mol. The fraction of sp³-hybridized carbons (Fsp3) is 0.324. The zero-order valence-corrected chi connectivity index (χ0v) is 25.2. The van der Waals surface area contributed by atoms with Crippen LogP contribution >= 0.6 is 0 Å². The van der Waals surface area contributed by atoms with Gasteiger partial charge in [0.2, 0.25) is 5.91 Å². The molecule has 0 N–H and O–H groups in total. The molecule has 5 rings (SSSR count). The predicted octanol–water partition coefficient (Wildman–Crippen LogP) is 5.88. The van der Waals surface area contributed by atoms with E-state index in [4.69, 9.17) is 14.5 Å². The van der Waals surface area contributed by atoms with Crippen LogP contribution in [0.4, 0.5) is 0 Å². The van der Waals surface area contributed by atoms with E-state index in [2.05, 4.69) is 22.7 Å². The van der Waals surface area contributed by atoms with Crippen LogP contribution in [0.2, 0.25) is 0 Å². The minimum absolute atomic E-state index is 0.145. The first-order valence-electron chi connectivity index (χ1n) is 14.5. The SMILES string of the molecule is CCCCc1nc2c(C)cc(C3=NN(CC(=O)OC)C(=O)CC3C)cc2n1-c1ccccc1-c1ccccc1C(=O)OC. The number of aromatic nitrogens is 2. The number of rotatable bonds is 9. The quantitative estimate of drug-likeness (QED) is 0.229. The van der Waals surface area contributed by atoms with Gasteiger partial charge in [0.1, 0.15) is 12.4 Å². The maximum Gasteiger partial charge on any atom is 0.338 e. The second-order valence-corrected chi connectivity index (χ2v) is 10.8. The number of nitrogens with zero attached hydrogens (tertiary/aromatic N) is 4. The Morgan fingerprint density at radius 3 is 2.44 bits per heavy atom. The number of carbonyl (C=O) groups is 3. The van der Waals surface area contributed by atoms with Gasteiger partial charge in [-0.25, -0.2) is 14.8 Å². The molecule has 1 aliphatic rings. The minimum atomic E-state index is -0.528. The molecular formula is C34H36N4O5. The lowest BCUT2D eigenvalue weighted by molar-refractivity contribution is -0.147. The Morgan fingerprint density at radius 1 is 1.00 bits per heavy atom. The smallest absolute Gasteiger partial charge is 0.338 e. The predicted molar refractivity (Wildman–Crippen MR) is 165 cm³/mol. The summed E-state index contributed by atoms with van der Waals surface area (Å²) in [5.41, 5.74) is 7.34. The van der Waals surface area contributed by atoms with E-state index in [0.29, 0.717) is 5.56 Å². The molecule has 9 nitrogen and oxygen atoms in total. The number of methoxy groups -OCH3 is 2. The van der Waals surface area contributed by atoms with Gasteiger partial charge in [-0.05, 0) is 48.7 Å². The summed E-state index contributed by atoms with van der Waals surface area (Å²) in [7, 11) is 2.68. The molecule has 43 heavy (non-hydrogen) atoms. The first-order chi connectivity index (χ1) is 20.8. The summed E-state index contributed by atoms with van der Waals surface area (Å²) in [6.45, 7) is 5.91. The third-order valence-corrected chi connectivity index (χ3v) is 7.81. The molecule has 1 aromatic heterocycles. The molecule has 0 radical (unpaired) electrons.